The van der Waals surface area contributed by atoms with Crippen molar-refractivity contribution in [2.45, 2.75) is 45.1 Å². The molecular weight excluding hydrogens is 248 g/mol. The molecule has 1 rings (SSSR count). The molecule has 1 fully saturated rings. The molecule has 0 aromatic heterocycles. The van der Waals surface area contributed by atoms with E-state index in [1.165, 1.54) is 51.9 Å². The summed E-state index contributed by atoms with van der Waals surface area (Å²) in [5.74, 6) is 0. The average Bonchev–Trinajstić information content (AvgIpc) is 2.66. The van der Waals surface area contributed by atoms with Crippen molar-refractivity contribution in [1.29, 1.82) is 0 Å². The second-order valence-corrected chi connectivity index (χ2v) is 6.51. The summed E-state index contributed by atoms with van der Waals surface area (Å²) in [6.45, 7) is 12.4. The molecule has 0 spiro atoms. The Hall–Kier alpha value is -0.160. The highest BCUT2D eigenvalue weighted by Gasteiger charge is 2.36. The molecule has 0 amide bonds. The van der Waals surface area contributed by atoms with Crippen molar-refractivity contribution in [3.8, 4) is 0 Å². The summed E-state index contributed by atoms with van der Waals surface area (Å²) < 4.78 is 0. The van der Waals surface area contributed by atoms with Crippen LogP contribution in [-0.2, 0) is 0 Å². The zero-order chi connectivity index (χ0) is 15.0. The SMILES string of the molecule is CCCN(CCN(C)C)C1(CN)CCCN(CC)CC1. The molecule has 1 atom stereocenters. The van der Waals surface area contributed by atoms with Gasteiger partial charge in [-0.3, -0.25) is 4.90 Å². The highest BCUT2D eigenvalue weighted by Crippen LogP contribution is 2.28. The Kier molecular flexibility index (Phi) is 8.03. The number of nitrogens with two attached hydrogens (primary N) is 1. The number of rotatable bonds is 8. The van der Waals surface area contributed by atoms with Gasteiger partial charge in [-0.25, -0.2) is 0 Å². The van der Waals surface area contributed by atoms with Gasteiger partial charge in [0.25, 0.3) is 0 Å². The fourth-order valence-corrected chi connectivity index (χ4v) is 3.38. The lowest BCUT2D eigenvalue weighted by atomic mass is 9.88. The third-order valence-corrected chi connectivity index (χ3v) is 4.82. The maximum atomic E-state index is 6.26. The van der Waals surface area contributed by atoms with Crippen LogP contribution >= 0.6 is 0 Å². The van der Waals surface area contributed by atoms with Crippen molar-refractivity contribution in [2.75, 3.05) is 59.9 Å². The maximum absolute atomic E-state index is 6.26. The zero-order valence-corrected chi connectivity index (χ0v) is 14.2. The van der Waals surface area contributed by atoms with Crippen molar-refractivity contribution < 1.29 is 0 Å². The Morgan fingerprint density at radius 1 is 1.05 bits per heavy atom. The molecule has 0 bridgehead atoms. The normalized spacial score (nSPS) is 25.4. The Balaban J connectivity index is 2.75. The van der Waals surface area contributed by atoms with Gasteiger partial charge in [-0.15, -0.1) is 0 Å². The van der Waals surface area contributed by atoms with E-state index in [1.54, 1.807) is 0 Å². The van der Waals surface area contributed by atoms with Crippen LogP contribution in [-0.4, -0.2) is 80.1 Å². The summed E-state index contributed by atoms with van der Waals surface area (Å²) in [6, 6.07) is 0. The van der Waals surface area contributed by atoms with E-state index < -0.39 is 0 Å². The lowest BCUT2D eigenvalue weighted by Crippen LogP contribution is -2.56. The molecule has 4 heteroatoms. The van der Waals surface area contributed by atoms with Crippen LogP contribution in [0.25, 0.3) is 0 Å². The van der Waals surface area contributed by atoms with Crippen LogP contribution in [0.5, 0.6) is 0 Å². The quantitative estimate of drug-likeness (QED) is 0.732. The molecule has 1 unspecified atom stereocenters. The molecule has 4 nitrogen and oxygen atoms in total. The van der Waals surface area contributed by atoms with E-state index in [2.05, 4.69) is 42.6 Å². The summed E-state index contributed by atoms with van der Waals surface area (Å²) in [4.78, 5) is 7.54. The van der Waals surface area contributed by atoms with E-state index >= 15 is 0 Å². The Labute approximate surface area is 126 Å². The molecule has 1 aliphatic heterocycles. The molecule has 2 N–H and O–H groups in total. The van der Waals surface area contributed by atoms with Crippen molar-refractivity contribution >= 4 is 0 Å². The van der Waals surface area contributed by atoms with Gasteiger partial charge in [-0.2, -0.15) is 0 Å². The van der Waals surface area contributed by atoms with Gasteiger partial charge >= 0.3 is 0 Å². The van der Waals surface area contributed by atoms with Gasteiger partial charge in [-0.1, -0.05) is 13.8 Å². The van der Waals surface area contributed by atoms with Gasteiger partial charge in [0.15, 0.2) is 0 Å². The van der Waals surface area contributed by atoms with E-state index in [9.17, 15) is 0 Å². The highest BCUT2D eigenvalue weighted by atomic mass is 15.2. The second-order valence-electron chi connectivity index (χ2n) is 6.51. The van der Waals surface area contributed by atoms with E-state index in [-0.39, 0.29) is 5.54 Å². The molecular formula is C16H36N4. The zero-order valence-electron chi connectivity index (χ0n) is 14.2. The predicted molar refractivity (Wildman–Crippen MR) is 88.2 cm³/mol. The van der Waals surface area contributed by atoms with Crippen LogP contribution in [0.4, 0.5) is 0 Å². The smallest absolute Gasteiger partial charge is 0.0344 e. The summed E-state index contributed by atoms with van der Waals surface area (Å²) >= 11 is 0. The summed E-state index contributed by atoms with van der Waals surface area (Å²) in [7, 11) is 4.32. The van der Waals surface area contributed by atoms with Gasteiger partial charge in [0.2, 0.25) is 0 Å². The lowest BCUT2D eigenvalue weighted by Gasteiger charge is -2.43. The van der Waals surface area contributed by atoms with Crippen LogP contribution in [0, 0.1) is 0 Å². The van der Waals surface area contributed by atoms with Gasteiger partial charge in [-0.05, 0) is 66.0 Å². The molecule has 0 radical (unpaired) electrons. The minimum Gasteiger partial charge on any atom is -0.329 e. The van der Waals surface area contributed by atoms with Gasteiger partial charge in [0, 0.05) is 25.2 Å². The van der Waals surface area contributed by atoms with Crippen LogP contribution < -0.4 is 5.73 Å². The molecule has 1 saturated heterocycles. The summed E-state index contributed by atoms with van der Waals surface area (Å²) in [5.41, 5.74) is 6.49. The molecule has 120 valence electrons. The third-order valence-electron chi connectivity index (χ3n) is 4.82. The van der Waals surface area contributed by atoms with Crippen molar-refractivity contribution in [3.63, 3.8) is 0 Å². The minimum absolute atomic E-state index is 0.232. The van der Waals surface area contributed by atoms with Crippen LogP contribution in [0.1, 0.15) is 39.5 Å². The maximum Gasteiger partial charge on any atom is 0.0344 e. The number of hydrogen-bond donors (Lipinski definition) is 1. The number of hydrogen-bond acceptors (Lipinski definition) is 4. The summed E-state index contributed by atoms with van der Waals surface area (Å²) in [6.07, 6.45) is 4.98. The van der Waals surface area contributed by atoms with Crippen LogP contribution in [0.2, 0.25) is 0 Å². The highest BCUT2D eigenvalue weighted by molar-refractivity contribution is 4.94. The minimum atomic E-state index is 0.232. The number of likely N-dealkylation sites (tertiary alicyclic amines) is 1. The van der Waals surface area contributed by atoms with E-state index in [0.29, 0.717) is 0 Å². The van der Waals surface area contributed by atoms with E-state index in [1.807, 2.05) is 0 Å². The van der Waals surface area contributed by atoms with Crippen molar-refractivity contribution in [2.24, 2.45) is 5.73 Å². The first-order valence-corrected chi connectivity index (χ1v) is 8.40. The van der Waals surface area contributed by atoms with Crippen LogP contribution in [0.3, 0.4) is 0 Å². The van der Waals surface area contributed by atoms with Gasteiger partial charge < -0.3 is 15.5 Å². The standard InChI is InChI=1S/C16H36N4/c1-5-10-20(14-13-18(3)4)16(15-17)8-7-11-19(6-2)12-9-16/h5-15,17H2,1-4H3. The average molecular weight is 284 g/mol. The molecule has 0 aromatic carbocycles. The summed E-state index contributed by atoms with van der Waals surface area (Å²) in [5, 5.41) is 0. The Morgan fingerprint density at radius 2 is 1.80 bits per heavy atom. The first-order valence-electron chi connectivity index (χ1n) is 8.40. The van der Waals surface area contributed by atoms with Gasteiger partial charge in [0.1, 0.15) is 0 Å². The number of likely N-dealkylation sites (N-methyl/N-ethyl adjacent to an activating group) is 1. The van der Waals surface area contributed by atoms with E-state index in [4.69, 9.17) is 5.73 Å². The fourth-order valence-electron chi connectivity index (χ4n) is 3.38. The van der Waals surface area contributed by atoms with Gasteiger partial charge in [0.05, 0.1) is 0 Å². The fraction of sp³-hybridized carbons (Fsp3) is 1.00. The number of nitrogens with zero attached hydrogens (tertiary/aromatic N) is 3. The largest absolute Gasteiger partial charge is 0.329 e. The Morgan fingerprint density at radius 3 is 2.35 bits per heavy atom. The molecule has 0 aliphatic carbocycles. The van der Waals surface area contributed by atoms with Crippen molar-refractivity contribution in [3.05, 3.63) is 0 Å². The lowest BCUT2D eigenvalue weighted by molar-refractivity contribution is 0.0708. The monoisotopic (exact) mass is 284 g/mol. The first-order chi connectivity index (χ1) is 9.57. The molecule has 20 heavy (non-hydrogen) atoms. The molecule has 1 heterocycles. The van der Waals surface area contributed by atoms with E-state index in [0.717, 1.165) is 19.6 Å². The topological polar surface area (TPSA) is 35.7 Å². The molecule has 1 aliphatic rings. The van der Waals surface area contributed by atoms with Crippen molar-refractivity contribution in [1.82, 2.24) is 14.7 Å². The Bertz CT molecular complexity index is 257. The third kappa shape index (κ3) is 4.99. The molecule has 0 aromatic rings. The van der Waals surface area contributed by atoms with Crippen LogP contribution in [0.15, 0.2) is 0 Å². The predicted octanol–water partition coefficient (Wildman–Crippen LogP) is 1.46. The second kappa shape index (κ2) is 8.98. The molecule has 0 saturated carbocycles. The first kappa shape index (κ1) is 17.9.